The fraction of sp³-hybridized carbons (Fsp3) is 0.100. The summed E-state index contributed by atoms with van der Waals surface area (Å²) in [5.74, 6) is 1.40. The van der Waals surface area contributed by atoms with E-state index in [1.54, 1.807) is 51.7 Å². The second-order valence-electron chi connectivity index (χ2n) is 23.0. The summed E-state index contributed by atoms with van der Waals surface area (Å²) in [5, 5.41) is 1.91. The summed E-state index contributed by atoms with van der Waals surface area (Å²) in [5.41, 5.74) is 0.339. The molecule has 0 fully saturated rings. The molecule has 1 aliphatic rings. The monoisotopic (exact) mass is 1120 g/mol. The minimum absolute atomic E-state index is 0.0794. The minimum atomic E-state index is -0.911. The molecule has 408 valence electrons. The summed E-state index contributed by atoms with van der Waals surface area (Å²) < 4.78 is 210. The second kappa shape index (κ2) is 20.2. The topological polar surface area (TPSA) is 35.9 Å². The van der Waals surface area contributed by atoms with Gasteiger partial charge in [-0.2, -0.15) is 0 Å². The summed E-state index contributed by atoms with van der Waals surface area (Å²) in [6.45, 7) is 12.6. The van der Waals surface area contributed by atoms with Gasteiger partial charge in [-0.25, -0.2) is 4.98 Å². The van der Waals surface area contributed by atoms with Crippen molar-refractivity contribution >= 4 is 32.8 Å². The van der Waals surface area contributed by atoms with Gasteiger partial charge in [0, 0.05) is 23.0 Å². The normalized spacial score (nSPS) is 15.6. The van der Waals surface area contributed by atoms with Crippen molar-refractivity contribution in [3.8, 4) is 107 Å². The molecule has 0 N–H and O–H groups in total. The first kappa shape index (κ1) is 33.7. The van der Waals surface area contributed by atoms with E-state index in [-0.39, 0.29) is 72.2 Å². The molecule has 4 heterocycles. The number of para-hydroxylation sites is 2. The van der Waals surface area contributed by atoms with Gasteiger partial charge in [0.25, 0.3) is 6.33 Å². The van der Waals surface area contributed by atoms with Crippen LogP contribution >= 0.6 is 0 Å². The fourth-order valence-corrected chi connectivity index (χ4v) is 11.4. The van der Waals surface area contributed by atoms with Crippen LogP contribution in [0, 0.1) is 6.33 Å². The molecule has 11 aromatic carbocycles. The van der Waals surface area contributed by atoms with Crippen molar-refractivity contribution in [2.24, 2.45) is 0 Å². The molecule has 0 radical (unpaired) electrons. The highest BCUT2D eigenvalue weighted by molar-refractivity contribution is 6.10. The maximum atomic E-state index is 10.4. The Labute approximate surface area is 526 Å². The van der Waals surface area contributed by atoms with E-state index in [1.165, 1.54) is 12.1 Å². The molecule has 1 aliphatic heterocycles. The van der Waals surface area contributed by atoms with Crippen LogP contribution in [-0.2, 0) is 10.8 Å². The number of hydrogen-bond acceptors (Lipinski definition) is 2. The van der Waals surface area contributed by atoms with E-state index in [2.05, 4.69) is 58.5 Å². The number of pyridine rings is 1. The van der Waals surface area contributed by atoms with Gasteiger partial charge in [0.1, 0.15) is 17.3 Å². The van der Waals surface area contributed by atoms with Gasteiger partial charge < -0.3 is 4.74 Å². The zero-order valence-corrected chi connectivity index (χ0v) is 47.0. The van der Waals surface area contributed by atoms with Gasteiger partial charge in [-0.3, -0.25) is 13.7 Å². The number of nitrogens with zero attached hydrogens (tertiary/aromatic N) is 4. The quantitative estimate of drug-likeness (QED) is 0.112. The van der Waals surface area contributed by atoms with Crippen LogP contribution in [0.25, 0.3) is 128 Å². The van der Waals surface area contributed by atoms with Crippen molar-refractivity contribution < 1.29 is 38.1 Å². The lowest BCUT2D eigenvalue weighted by atomic mass is 9.85. The number of imidazole rings is 1. The van der Waals surface area contributed by atoms with Gasteiger partial charge in [0.15, 0.2) is 0 Å². The van der Waals surface area contributed by atoms with Crippen molar-refractivity contribution in [3.63, 3.8) is 0 Å². The average molecular weight is 1120 g/mol. The summed E-state index contributed by atoms with van der Waals surface area (Å²) in [6.07, 6.45) is 5.39. The van der Waals surface area contributed by atoms with Crippen LogP contribution in [0.4, 0.5) is 0 Å². The van der Waals surface area contributed by atoms with Gasteiger partial charge in [-0.1, -0.05) is 223 Å². The van der Waals surface area contributed by atoms with Gasteiger partial charge in [-0.05, 0) is 173 Å². The number of hydrogen-bond donors (Lipinski definition) is 0. The zero-order valence-electron chi connectivity index (χ0n) is 68.0. The summed E-state index contributed by atoms with van der Waals surface area (Å²) in [6, 6.07) is 23.8. The fourth-order valence-electron chi connectivity index (χ4n) is 11.4. The maximum absolute atomic E-state index is 10.4. The van der Waals surface area contributed by atoms with Gasteiger partial charge >= 0.3 is 0 Å². The molecule has 0 aliphatic carbocycles. The van der Waals surface area contributed by atoms with Crippen LogP contribution in [-0.4, -0.2) is 14.1 Å². The van der Waals surface area contributed by atoms with Crippen LogP contribution < -0.4 is 9.30 Å². The van der Waals surface area contributed by atoms with E-state index in [1.807, 2.05) is 78.9 Å². The lowest BCUT2D eigenvalue weighted by Gasteiger charge is -2.21. The number of aromatic nitrogens is 4. The Balaban J connectivity index is 1.11. The summed E-state index contributed by atoms with van der Waals surface area (Å²) in [4.78, 5) is 4.87. The van der Waals surface area contributed by atoms with E-state index in [0.717, 1.165) is 32.9 Å². The molecule has 0 saturated carbocycles. The molecular formula is C80H62N4O. The number of ether oxygens (including phenoxy) is 1. The predicted octanol–water partition coefficient (Wildman–Crippen LogP) is 20.6. The van der Waals surface area contributed by atoms with Gasteiger partial charge in [0.2, 0.25) is 0 Å². The highest BCUT2D eigenvalue weighted by Crippen LogP contribution is 2.47. The molecule has 5 heteroatoms. The molecule has 5 nitrogen and oxygen atoms in total. The molecule has 15 rings (SSSR count). The van der Waals surface area contributed by atoms with Crippen LogP contribution in [0.2, 0.25) is 0 Å². The zero-order chi connectivity index (χ0) is 75.8. The third-order valence-corrected chi connectivity index (χ3v) is 15.6. The molecule has 85 heavy (non-hydrogen) atoms. The van der Waals surface area contributed by atoms with E-state index in [4.69, 9.17) is 17.9 Å². The van der Waals surface area contributed by atoms with E-state index >= 15 is 0 Å². The molecule has 0 bridgehead atoms. The minimum Gasteiger partial charge on any atom is -0.458 e. The first-order valence-electron chi connectivity index (χ1n) is 38.2. The molecule has 0 atom stereocenters. The lowest BCUT2D eigenvalue weighted by molar-refractivity contribution is -0.570. The van der Waals surface area contributed by atoms with E-state index in [0.29, 0.717) is 28.4 Å². The van der Waals surface area contributed by atoms with Crippen molar-refractivity contribution in [2.75, 3.05) is 0 Å². The van der Waals surface area contributed by atoms with Crippen LogP contribution in [0.5, 0.6) is 11.5 Å². The van der Waals surface area contributed by atoms with Crippen LogP contribution in [0.15, 0.2) is 267 Å². The Morgan fingerprint density at radius 3 is 1.67 bits per heavy atom. The largest absolute Gasteiger partial charge is 0.458 e. The van der Waals surface area contributed by atoms with Crippen LogP contribution in [0.1, 0.15) is 81.5 Å². The molecule has 0 spiro atoms. The van der Waals surface area contributed by atoms with Crippen molar-refractivity contribution in [2.45, 2.75) is 52.4 Å². The third kappa shape index (κ3) is 9.11. The molecule has 3 aromatic heterocycles. The second-order valence-corrected chi connectivity index (χ2v) is 23.0. The molecule has 14 aromatic rings. The number of rotatable bonds is 8. The van der Waals surface area contributed by atoms with Gasteiger partial charge in [-0.15, -0.1) is 0 Å². The predicted molar refractivity (Wildman–Crippen MR) is 351 cm³/mol. The third-order valence-electron chi connectivity index (χ3n) is 15.6. The number of benzene rings is 11. The van der Waals surface area contributed by atoms with Crippen molar-refractivity contribution in [1.82, 2.24) is 14.1 Å². The molecular weight excluding hydrogens is 1030 g/mol. The summed E-state index contributed by atoms with van der Waals surface area (Å²) in [7, 11) is 0. The van der Waals surface area contributed by atoms with Crippen molar-refractivity contribution in [3.05, 3.63) is 284 Å². The molecule has 0 amide bonds. The SMILES string of the molecule is [2H]c1c([2H])c([2H])c(-c2c([2H])c(-c3cc4c5c(c3)n(-c3cccc(Oc6ccc7c8ccccc8n(-c8cc(C(C)(C)C)ccn8)c7c6)c3)[c-][n+]5-c3c(-c5ccc(C(C)(C)C)cc5)cccc3-c3c([2H])c([2H])c([2H])c([2H])c3-c3c([2H])c([2H])c([2H])c([2H])c3-4)c([2H])c(-c3c([2H])c([2H])c([2H])c([2H])c3[2H])c2[2H])c([2H])c1[2H]. The molecule has 0 unspecified atom stereocenters. The highest BCUT2D eigenvalue weighted by Gasteiger charge is 2.28. The van der Waals surface area contributed by atoms with Gasteiger partial charge in [0.05, 0.1) is 62.2 Å². The Hall–Kier alpha value is -10.4. The standard InChI is InChI=1S/C80H62N4O/c1-79(2,3)59-37-35-54(36-38-59)64-32-20-33-71-67-29-15-13-27-65(67)66-28-14-16-30-68(66)72-46-58(57-44-55(52-21-9-7-10-22-52)43-56(45-57)53-23-11-8-12-24-53)47-75-78(72)83(77(64)71)51-82(75)61-25-19-26-62(49-61)85-63-39-40-70-69-31-17-18-34-73(69)84(74(70)50-63)76-48-60(41-42-81-76)80(4,5)6/h7-50H,1-6H3/i7D,8D,9D,10D,11D,12D,13D,14D,15D,16D,21D,22D,23D,24D,27D,28D,29D,30D,43D,44D,45D. The average Bonchev–Trinajstić information content (AvgIpc) is 1.41. The van der Waals surface area contributed by atoms with E-state index < -0.39 is 155 Å². The highest BCUT2D eigenvalue weighted by atomic mass is 16.5. The first-order chi connectivity index (χ1) is 50.1. The Morgan fingerprint density at radius 2 is 1.00 bits per heavy atom. The van der Waals surface area contributed by atoms with Crippen molar-refractivity contribution in [1.29, 1.82) is 0 Å². The maximum Gasteiger partial charge on any atom is 0.269 e. The van der Waals surface area contributed by atoms with Crippen LogP contribution in [0.3, 0.4) is 0 Å². The first-order valence-corrected chi connectivity index (χ1v) is 27.7. The number of fused-ring (bicyclic) bond motifs is 10. The lowest BCUT2D eigenvalue weighted by Crippen LogP contribution is -2.32. The molecule has 0 saturated heterocycles. The Morgan fingerprint density at radius 1 is 0.424 bits per heavy atom. The Kier molecular flexibility index (Phi) is 8.01. The van der Waals surface area contributed by atoms with E-state index in [9.17, 15) is 20.6 Å². The summed E-state index contributed by atoms with van der Waals surface area (Å²) >= 11 is 0. The Bertz CT molecular complexity index is 6070. The smallest absolute Gasteiger partial charge is 0.269 e.